The Morgan fingerprint density at radius 1 is 1.10 bits per heavy atom. The third-order valence-electron chi connectivity index (χ3n) is 6.40. The molecule has 5 fully saturated rings. The molecule has 1 amide bonds. The highest BCUT2D eigenvalue weighted by atomic mass is 35.5. The van der Waals surface area contributed by atoms with Crippen LogP contribution >= 0.6 is 12.4 Å². The average Bonchev–Trinajstić information content (AvgIpc) is 2.84. The quantitative estimate of drug-likeness (QED) is 0.851. The fourth-order valence-electron chi connectivity index (χ4n) is 5.92. The Labute approximate surface area is 128 Å². The van der Waals surface area contributed by atoms with Crippen LogP contribution in [0.25, 0.3) is 0 Å². The third-order valence-corrected chi connectivity index (χ3v) is 6.40. The molecule has 2 N–H and O–H groups in total. The van der Waals surface area contributed by atoms with Crippen LogP contribution in [0.15, 0.2) is 0 Å². The van der Waals surface area contributed by atoms with Gasteiger partial charge in [0.2, 0.25) is 5.91 Å². The molecule has 5 aliphatic rings. The zero-order valence-electron chi connectivity index (χ0n) is 12.2. The molecular formula is C16H27ClN2O. The molecule has 3 nitrogen and oxygen atoms in total. The molecular weight excluding hydrogens is 272 g/mol. The first-order valence-corrected chi connectivity index (χ1v) is 8.18. The summed E-state index contributed by atoms with van der Waals surface area (Å²) in [6.45, 7) is 2.63. The van der Waals surface area contributed by atoms with Crippen LogP contribution in [-0.2, 0) is 4.79 Å². The lowest BCUT2D eigenvalue weighted by Crippen LogP contribution is -2.54. The van der Waals surface area contributed by atoms with E-state index in [1.807, 2.05) is 0 Å². The molecule has 114 valence electrons. The lowest BCUT2D eigenvalue weighted by atomic mass is 9.49. The maximum absolute atomic E-state index is 13.0. The second-order valence-electron chi connectivity index (χ2n) is 7.84. The van der Waals surface area contributed by atoms with Crippen molar-refractivity contribution in [3.8, 4) is 0 Å². The minimum absolute atomic E-state index is 0. The molecule has 4 heteroatoms. The van der Waals surface area contributed by atoms with Gasteiger partial charge in [-0.05, 0) is 75.2 Å². The van der Waals surface area contributed by atoms with Crippen LogP contribution in [0.3, 0.4) is 0 Å². The Hall–Kier alpha value is -0.280. The maximum atomic E-state index is 13.0. The zero-order valence-corrected chi connectivity index (χ0v) is 13.0. The van der Waals surface area contributed by atoms with Crippen LogP contribution in [0.1, 0.15) is 44.9 Å². The highest BCUT2D eigenvalue weighted by Gasteiger charge is 2.55. The van der Waals surface area contributed by atoms with Crippen LogP contribution in [0, 0.1) is 29.1 Å². The van der Waals surface area contributed by atoms with Crippen molar-refractivity contribution in [2.75, 3.05) is 19.6 Å². The first-order chi connectivity index (χ1) is 9.18. The van der Waals surface area contributed by atoms with Gasteiger partial charge in [0, 0.05) is 13.1 Å². The third kappa shape index (κ3) is 2.18. The molecule has 1 atom stereocenters. The van der Waals surface area contributed by atoms with E-state index >= 15 is 0 Å². The predicted molar refractivity (Wildman–Crippen MR) is 81.6 cm³/mol. The van der Waals surface area contributed by atoms with Crippen molar-refractivity contribution < 1.29 is 4.79 Å². The van der Waals surface area contributed by atoms with E-state index in [0.717, 1.165) is 43.8 Å². The fraction of sp³-hybridized carbons (Fsp3) is 0.938. The number of likely N-dealkylation sites (tertiary alicyclic amines) is 1. The van der Waals surface area contributed by atoms with E-state index in [4.69, 9.17) is 5.73 Å². The number of nitrogens with zero attached hydrogens (tertiary/aromatic N) is 1. The van der Waals surface area contributed by atoms with E-state index in [2.05, 4.69) is 4.90 Å². The molecule has 20 heavy (non-hydrogen) atoms. The highest BCUT2D eigenvalue weighted by Crippen LogP contribution is 2.60. The number of hydrogen-bond donors (Lipinski definition) is 1. The Bertz CT molecular complexity index is 363. The summed E-state index contributed by atoms with van der Waals surface area (Å²) in [4.78, 5) is 15.2. The first kappa shape index (κ1) is 14.6. The number of carbonyl (C=O) groups is 1. The normalized spacial score (nSPS) is 45.5. The van der Waals surface area contributed by atoms with Crippen molar-refractivity contribution in [3.05, 3.63) is 0 Å². The van der Waals surface area contributed by atoms with Gasteiger partial charge in [-0.3, -0.25) is 4.79 Å². The lowest BCUT2D eigenvalue weighted by molar-refractivity contribution is -0.156. The molecule has 5 rings (SSSR count). The molecule has 1 heterocycles. The van der Waals surface area contributed by atoms with Crippen LogP contribution in [-0.4, -0.2) is 30.4 Å². The second-order valence-corrected chi connectivity index (χ2v) is 7.84. The van der Waals surface area contributed by atoms with E-state index in [1.165, 1.54) is 38.5 Å². The van der Waals surface area contributed by atoms with E-state index in [-0.39, 0.29) is 17.8 Å². The maximum Gasteiger partial charge on any atom is 0.228 e. The number of amides is 1. The van der Waals surface area contributed by atoms with Gasteiger partial charge in [0.1, 0.15) is 0 Å². The van der Waals surface area contributed by atoms with Gasteiger partial charge in [0.25, 0.3) is 0 Å². The summed E-state index contributed by atoms with van der Waals surface area (Å²) >= 11 is 0. The lowest BCUT2D eigenvalue weighted by Gasteiger charge is -2.56. The molecule has 4 aliphatic carbocycles. The standard InChI is InChI=1S/C16H26N2O.ClH/c17-9-11-1-2-18(10-11)15(19)16-6-12-3-13(7-16)5-14(4-12)8-16;/h11-14H,1-10,17H2;1H. The molecule has 4 saturated carbocycles. The summed E-state index contributed by atoms with van der Waals surface area (Å²) < 4.78 is 0. The van der Waals surface area contributed by atoms with E-state index in [1.54, 1.807) is 0 Å². The largest absolute Gasteiger partial charge is 0.342 e. The minimum atomic E-state index is 0. The molecule has 1 aliphatic heterocycles. The average molecular weight is 299 g/mol. The van der Waals surface area contributed by atoms with E-state index in [0.29, 0.717) is 11.8 Å². The summed E-state index contributed by atoms with van der Waals surface area (Å²) in [7, 11) is 0. The minimum Gasteiger partial charge on any atom is -0.342 e. The van der Waals surface area contributed by atoms with Crippen molar-refractivity contribution in [2.45, 2.75) is 44.9 Å². The Balaban J connectivity index is 0.00000121. The summed E-state index contributed by atoms with van der Waals surface area (Å²) in [5.74, 6) is 3.65. The summed E-state index contributed by atoms with van der Waals surface area (Å²) in [5, 5.41) is 0. The Morgan fingerprint density at radius 2 is 1.65 bits per heavy atom. The number of hydrogen-bond acceptors (Lipinski definition) is 2. The van der Waals surface area contributed by atoms with Crippen LogP contribution < -0.4 is 5.73 Å². The van der Waals surface area contributed by atoms with Gasteiger partial charge in [0.15, 0.2) is 0 Å². The van der Waals surface area contributed by atoms with Gasteiger partial charge in [0.05, 0.1) is 5.41 Å². The molecule has 0 radical (unpaired) electrons. The topological polar surface area (TPSA) is 46.3 Å². The summed E-state index contributed by atoms with van der Waals surface area (Å²) in [6.07, 6.45) is 8.95. The van der Waals surface area contributed by atoms with Gasteiger partial charge in [-0.15, -0.1) is 12.4 Å². The summed E-state index contributed by atoms with van der Waals surface area (Å²) in [6, 6.07) is 0. The van der Waals surface area contributed by atoms with Crippen LogP contribution in [0.4, 0.5) is 0 Å². The van der Waals surface area contributed by atoms with E-state index in [9.17, 15) is 4.79 Å². The zero-order chi connectivity index (χ0) is 13.0. The van der Waals surface area contributed by atoms with Gasteiger partial charge >= 0.3 is 0 Å². The van der Waals surface area contributed by atoms with Crippen molar-refractivity contribution in [3.63, 3.8) is 0 Å². The SMILES string of the molecule is Cl.NCC1CCN(C(=O)C23CC4CC(CC(C4)C2)C3)C1. The fourth-order valence-corrected chi connectivity index (χ4v) is 5.92. The van der Waals surface area contributed by atoms with Gasteiger partial charge in [-0.25, -0.2) is 0 Å². The Morgan fingerprint density at radius 3 is 2.10 bits per heavy atom. The van der Waals surface area contributed by atoms with Crippen molar-refractivity contribution in [2.24, 2.45) is 34.8 Å². The monoisotopic (exact) mass is 298 g/mol. The Kier molecular flexibility index (Phi) is 3.79. The van der Waals surface area contributed by atoms with Crippen molar-refractivity contribution in [1.29, 1.82) is 0 Å². The van der Waals surface area contributed by atoms with Gasteiger partial charge < -0.3 is 10.6 Å². The van der Waals surface area contributed by atoms with Gasteiger partial charge in [-0.2, -0.15) is 0 Å². The molecule has 0 aromatic carbocycles. The smallest absolute Gasteiger partial charge is 0.228 e. The predicted octanol–water partition coefficient (Wildman–Crippen LogP) is 2.43. The molecule has 4 bridgehead atoms. The first-order valence-electron chi connectivity index (χ1n) is 8.18. The molecule has 0 aromatic rings. The molecule has 0 spiro atoms. The second kappa shape index (κ2) is 5.17. The van der Waals surface area contributed by atoms with Crippen LogP contribution in [0.5, 0.6) is 0 Å². The number of nitrogens with two attached hydrogens (primary N) is 1. The van der Waals surface area contributed by atoms with Crippen molar-refractivity contribution in [1.82, 2.24) is 4.90 Å². The van der Waals surface area contributed by atoms with Crippen molar-refractivity contribution >= 4 is 18.3 Å². The molecule has 0 aromatic heterocycles. The number of halogens is 1. The molecule has 1 saturated heterocycles. The number of rotatable bonds is 2. The van der Waals surface area contributed by atoms with Gasteiger partial charge in [-0.1, -0.05) is 0 Å². The highest BCUT2D eigenvalue weighted by molar-refractivity contribution is 5.85. The van der Waals surface area contributed by atoms with Crippen LogP contribution in [0.2, 0.25) is 0 Å². The summed E-state index contributed by atoms with van der Waals surface area (Å²) in [5.41, 5.74) is 5.82. The number of carbonyl (C=O) groups excluding carboxylic acids is 1. The molecule has 1 unspecified atom stereocenters. The van der Waals surface area contributed by atoms with E-state index < -0.39 is 0 Å².